The molecule has 0 heterocycles. The number of carbonyl (C=O) groups is 1. The number of hydrogen-bond acceptors (Lipinski definition) is 8. The van der Waals surface area contributed by atoms with E-state index in [-0.39, 0.29) is 19.8 Å². The van der Waals surface area contributed by atoms with Crippen LogP contribution in [-0.4, -0.2) is 76.8 Å². The Morgan fingerprint density at radius 3 is 2.11 bits per heavy atom. The molecule has 8 heteroatoms. The van der Waals surface area contributed by atoms with E-state index in [1.54, 1.807) is 19.1 Å². The van der Waals surface area contributed by atoms with Crippen LogP contribution in [0.3, 0.4) is 0 Å². The second-order valence-corrected chi connectivity index (χ2v) is 5.67. The molecule has 28 heavy (non-hydrogen) atoms. The van der Waals surface area contributed by atoms with Gasteiger partial charge in [0.1, 0.15) is 5.75 Å². The van der Waals surface area contributed by atoms with Crippen molar-refractivity contribution < 1.29 is 38.3 Å². The number of aliphatic hydroxyl groups excluding tert-OH is 1. The predicted octanol–water partition coefficient (Wildman–Crippen LogP) is 1.57. The summed E-state index contributed by atoms with van der Waals surface area (Å²) in [7, 11) is 0. The summed E-state index contributed by atoms with van der Waals surface area (Å²) >= 11 is 0. The molecule has 158 valence electrons. The number of para-hydroxylation sites is 1. The molecule has 0 saturated carbocycles. The molecule has 0 saturated heterocycles. The van der Waals surface area contributed by atoms with E-state index >= 15 is 0 Å². The molecule has 0 spiro atoms. The van der Waals surface area contributed by atoms with Gasteiger partial charge in [-0.1, -0.05) is 24.8 Å². The van der Waals surface area contributed by atoms with Gasteiger partial charge in [-0.05, 0) is 19.1 Å². The van der Waals surface area contributed by atoms with Gasteiger partial charge in [-0.3, -0.25) is 0 Å². The third-order valence-electron chi connectivity index (χ3n) is 3.22. The molecule has 0 aromatic heterocycles. The number of aliphatic hydroxyl groups is 1. The lowest BCUT2D eigenvalue weighted by Crippen LogP contribution is -2.29. The van der Waals surface area contributed by atoms with Crippen molar-refractivity contribution >= 4 is 5.97 Å². The average Bonchev–Trinajstić information content (AvgIpc) is 2.70. The highest BCUT2D eigenvalue weighted by atomic mass is 16.7. The van der Waals surface area contributed by atoms with Crippen LogP contribution in [0.5, 0.6) is 5.75 Å². The number of carbonyl (C=O) groups excluding carboxylic acids is 1. The molecule has 8 nitrogen and oxygen atoms in total. The highest BCUT2D eigenvalue weighted by Gasteiger charge is 2.15. The van der Waals surface area contributed by atoms with Crippen LogP contribution in [0.4, 0.5) is 0 Å². The van der Waals surface area contributed by atoms with Crippen molar-refractivity contribution in [3.05, 3.63) is 42.5 Å². The van der Waals surface area contributed by atoms with Crippen molar-refractivity contribution in [2.75, 3.05) is 59.5 Å². The third-order valence-corrected chi connectivity index (χ3v) is 3.22. The van der Waals surface area contributed by atoms with E-state index in [9.17, 15) is 4.79 Å². The quantitative estimate of drug-likeness (QED) is 0.183. The summed E-state index contributed by atoms with van der Waals surface area (Å²) < 4.78 is 32.2. The molecule has 0 amide bonds. The molecule has 0 aliphatic carbocycles. The highest BCUT2D eigenvalue weighted by Crippen LogP contribution is 2.12. The maximum atomic E-state index is 11.6. The van der Waals surface area contributed by atoms with E-state index in [0.717, 1.165) is 0 Å². The summed E-state index contributed by atoms with van der Waals surface area (Å²) in [4.78, 5) is 11.6. The maximum absolute atomic E-state index is 11.6. The molecule has 1 unspecified atom stereocenters. The Labute approximate surface area is 165 Å². The van der Waals surface area contributed by atoms with E-state index < -0.39 is 12.3 Å². The van der Waals surface area contributed by atoms with Crippen molar-refractivity contribution in [2.24, 2.45) is 0 Å². The Bertz CT molecular complexity index is 534. The van der Waals surface area contributed by atoms with Crippen LogP contribution >= 0.6 is 0 Å². The summed E-state index contributed by atoms with van der Waals surface area (Å²) in [5.74, 6) is 0.109. The van der Waals surface area contributed by atoms with Gasteiger partial charge >= 0.3 is 5.97 Å². The Hall–Kier alpha value is -1.97. The molecule has 0 radical (unpaired) electrons. The van der Waals surface area contributed by atoms with E-state index in [2.05, 4.69) is 6.58 Å². The fourth-order valence-corrected chi connectivity index (χ4v) is 1.88. The van der Waals surface area contributed by atoms with E-state index in [0.29, 0.717) is 51.0 Å². The molecule has 0 aliphatic rings. The summed E-state index contributed by atoms with van der Waals surface area (Å²) in [6.45, 7) is 7.71. The van der Waals surface area contributed by atoms with E-state index in [1.807, 2.05) is 18.2 Å². The number of ether oxygens (including phenoxy) is 6. The van der Waals surface area contributed by atoms with Gasteiger partial charge in [0.05, 0.1) is 52.9 Å². The van der Waals surface area contributed by atoms with Crippen molar-refractivity contribution in [1.82, 2.24) is 0 Å². The standard InChI is InChI=1S/C20H30O8/c1-17(2)20(22)27-16-19(28-18-6-4-3-5-7-18)26-15-14-25-13-12-24-11-10-23-9-8-21/h3-7,19,21H,1,8-16H2,2H3. The second-order valence-electron chi connectivity index (χ2n) is 5.67. The fraction of sp³-hybridized carbons (Fsp3) is 0.550. The van der Waals surface area contributed by atoms with Gasteiger partial charge in [0.25, 0.3) is 0 Å². The van der Waals surface area contributed by atoms with Crippen LogP contribution in [0.1, 0.15) is 6.92 Å². The molecule has 0 fully saturated rings. The molecular formula is C20H30O8. The summed E-state index contributed by atoms with van der Waals surface area (Å²) in [5.41, 5.74) is 0.309. The predicted molar refractivity (Wildman–Crippen MR) is 102 cm³/mol. The zero-order valence-corrected chi connectivity index (χ0v) is 16.3. The zero-order valence-electron chi connectivity index (χ0n) is 16.3. The average molecular weight is 398 g/mol. The van der Waals surface area contributed by atoms with Crippen LogP contribution in [0.15, 0.2) is 42.5 Å². The van der Waals surface area contributed by atoms with Crippen LogP contribution in [0, 0.1) is 0 Å². The SMILES string of the molecule is C=C(C)C(=O)OCC(OCCOCCOCCOCCO)Oc1ccccc1. The van der Waals surface area contributed by atoms with Crippen molar-refractivity contribution in [1.29, 1.82) is 0 Å². The minimum absolute atomic E-state index is 0.00445. The van der Waals surface area contributed by atoms with Crippen LogP contribution in [0.25, 0.3) is 0 Å². The molecule has 0 aliphatic heterocycles. The van der Waals surface area contributed by atoms with Crippen molar-refractivity contribution in [2.45, 2.75) is 13.2 Å². The summed E-state index contributed by atoms with van der Waals surface area (Å²) in [5, 5.41) is 8.56. The largest absolute Gasteiger partial charge is 0.461 e. The van der Waals surface area contributed by atoms with Gasteiger partial charge in [-0.15, -0.1) is 0 Å². The lowest BCUT2D eigenvalue weighted by Gasteiger charge is -2.19. The van der Waals surface area contributed by atoms with Crippen LogP contribution in [0.2, 0.25) is 0 Å². The minimum atomic E-state index is -0.755. The lowest BCUT2D eigenvalue weighted by molar-refractivity contribution is -0.159. The van der Waals surface area contributed by atoms with Crippen LogP contribution < -0.4 is 4.74 Å². The van der Waals surface area contributed by atoms with Crippen molar-refractivity contribution in [3.63, 3.8) is 0 Å². The topological polar surface area (TPSA) is 92.7 Å². The molecular weight excluding hydrogens is 368 g/mol. The zero-order chi connectivity index (χ0) is 20.5. The first kappa shape index (κ1) is 24.1. The lowest BCUT2D eigenvalue weighted by atomic mass is 10.3. The number of benzene rings is 1. The smallest absolute Gasteiger partial charge is 0.333 e. The maximum Gasteiger partial charge on any atom is 0.333 e. The molecule has 0 bridgehead atoms. The van der Waals surface area contributed by atoms with Gasteiger partial charge in [-0.25, -0.2) is 4.79 Å². The van der Waals surface area contributed by atoms with Crippen molar-refractivity contribution in [3.8, 4) is 5.75 Å². The molecule has 1 aromatic rings. The normalized spacial score (nSPS) is 11.8. The first-order valence-corrected chi connectivity index (χ1v) is 9.13. The molecule has 1 atom stereocenters. The van der Waals surface area contributed by atoms with Gasteiger partial charge in [0, 0.05) is 5.57 Å². The summed E-state index contributed by atoms with van der Waals surface area (Å²) in [6.07, 6.45) is -0.755. The Morgan fingerprint density at radius 2 is 1.54 bits per heavy atom. The molecule has 1 rings (SSSR count). The van der Waals surface area contributed by atoms with Gasteiger partial charge in [0.15, 0.2) is 6.61 Å². The van der Waals surface area contributed by atoms with Crippen LogP contribution in [-0.2, 0) is 28.5 Å². The third kappa shape index (κ3) is 12.4. The van der Waals surface area contributed by atoms with E-state index in [1.165, 1.54) is 0 Å². The Balaban J connectivity index is 2.20. The number of rotatable bonds is 17. The van der Waals surface area contributed by atoms with Gasteiger partial charge in [0.2, 0.25) is 6.29 Å². The number of esters is 1. The Morgan fingerprint density at radius 1 is 0.964 bits per heavy atom. The first-order valence-electron chi connectivity index (χ1n) is 9.13. The van der Waals surface area contributed by atoms with E-state index in [4.69, 9.17) is 33.5 Å². The van der Waals surface area contributed by atoms with Gasteiger partial charge in [-0.2, -0.15) is 0 Å². The highest BCUT2D eigenvalue weighted by molar-refractivity contribution is 5.86. The Kier molecular flexibility index (Phi) is 13.8. The first-order chi connectivity index (χ1) is 13.6. The summed E-state index contributed by atoms with van der Waals surface area (Å²) in [6, 6.07) is 9.12. The molecule has 1 N–H and O–H groups in total. The second kappa shape index (κ2) is 16.0. The van der Waals surface area contributed by atoms with Gasteiger partial charge < -0.3 is 33.5 Å². The minimum Gasteiger partial charge on any atom is -0.461 e. The monoisotopic (exact) mass is 398 g/mol. The molecule has 1 aromatic carbocycles. The fourth-order valence-electron chi connectivity index (χ4n) is 1.88. The number of hydrogen-bond donors (Lipinski definition) is 1.